The normalized spacial score (nSPS) is 21.1. The van der Waals surface area contributed by atoms with Crippen molar-refractivity contribution in [2.45, 2.75) is 51.0 Å². The number of nitrogens with zero attached hydrogens (tertiary/aromatic N) is 4. The van der Waals surface area contributed by atoms with Gasteiger partial charge in [0.25, 0.3) is 0 Å². The largest absolute Gasteiger partial charge is 0.381 e. The van der Waals surface area contributed by atoms with Crippen LogP contribution in [0.5, 0.6) is 0 Å². The van der Waals surface area contributed by atoms with Crippen LogP contribution in [-0.4, -0.2) is 45.2 Å². The Morgan fingerprint density at radius 3 is 2.68 bits per heavy atom. The second-order valence-electron chi connectivity index (χ2n) is 6.67. The van der Waals surface area contributed by atoms with Crippen LogP contribution in [0, 0.1) is 0 Å². The molecule has 2 aliphatic rings. The Kier molecular flexibility index (Phi) is 3.74. The zero-order chi connectivity index (χ0) is 14.9. The molecule has 1 saturated heterocycles. The van der Waals surface area contributed by atoms with E-state index in [0.717, 1.165) is 23.7 Å². The number of likely N-dealkylation sites (tertiary alicyclic amines) is 1. The SMILES string of the molecule is CCN1CCC(c2nc3ccc(NC4CCC4)cn3n2)CC1. The summed E-state index contributed by atoms with van der Waals surface area (Å²) in [5.74, 6) is 1.54. The molecule has 1 saturated carbocycles. The Morgan fingerprint density at radius 1 is 1.18 bits per heavy atom. The van der Waals surface area contributed by atoms with E-state index in [-0.39, 0.29) is 0 Å². The van der Waals surface area contributed by atoms with Gasteiger partial charge in [-0.3, -0.25) is 0 Å². The smallest absolute Gasteiger partial charge is 0.155 e. The van der Waals surface area contributed by atoms with Gasteiger partial charge in [0.1, 0.15) is 0 Å². The molecule has 5 heteroatoms. The molecule has 2 aromatic heterocycles. The zero-order valence-electron chi connectivity index (χ0n) is 13.3. The van der Waals surface area contributed by atoms with Crippen LogP contribution in [0.25, 0.3) is 5.65 Å². The fourth-order valence-electron chi connectivity index (χ4n) is 3.45. The summed E-state index contributed by atoms with van der Waals surface area (Å²) in [6.07, 6.45) is 8.37. The predicted molar refractivity (Wildman–Crippen MR) is 88.3 cm³/mol. The molecule has 0 aromatic carbocycles. The van der Waals surface area contributed by atoms with E-state index in [1.807, 2.05) is 4.52 Å². The lowest BCUT2D eigenvalue weighted by Crippen LogP contribution is -2.32. The van der Waals surface area contributed by atoms with Gasteiger partial charge in [-0.05, 0) is 63.9 Å². The van der Waals surface area contributed by atoms with Crippen LogP contribution in [0.15, 0.2) is 18.3 Å². The van der Waals surface area contributed by atoms with Gasteiger partial charge in [0.15, 0.2) is 11.5 Å². The first kappa shape index (κ1) is 14.0. The molecule has 0 atom stereocenters. The number of hydrogen-bond acceptors (Lipinski definition) is 4. The minimum Gasteiger partial charge on any atom is -0.381 e. The molecule has 0 radical (unpaired) electrons. The van der Waals surface area contributed by atoms with Gasteiger partial charge >= 0.3 is 0 Å². The van der Waals surface area contributed by atoms with Crippen LogP contribution in [0.1, 0.15) is 50.8 Å². The van der Waals surface area contributed by atoms with Crippen molar-refractivity contribution < 1.29 is 0 Å². The molecular formula is C17H25N5. The summed E-state index contributed by atoms with van der Waals surface area (Å²) in [7, 11) is 0. The predicted octanol–water partition coefficient (Wildman–Crippen LogP) is 2.89. The molecule has 2 aromatic rings. The van der Waals surface area contributed by atoms with Gasteiger partial charge in [0.05, 0.1) is 11.9 Å². The summed E-state index contributed by atoms with van der Waals surface area (Å²) in [4.78, 5) is 7.25. The molecular weight excluding hydrogens is 274 g/mol. The van der Waals surface area contributed by atoms with Crippen molar-refractivity contribution >= 4 is 11.3 Å². The molecule has 1 aliphatic carbocycles. The van der Waals surface area contributed by atoms with Crippen molar-refractivity contribution in [3.8, 4) is 0 Å². The van der Waals surface area contributed by atoms with Crippen molar-refractivity contribution in [2.75, 3.05) is 25.0 Å². The van der Waals surface area contributed by atoms with Gasteiger partial charge in [0.2, 0.25) is 0 Å². The van der Waals surface area contributed by atoms with E-state index in [2.05, 4.69) is 35.5 Å². The first-order valence-corrected chi connectivity index (χ1v) is 8.67. The van der Waals surface area contributed by atoms with Crippen LogP contribution >= 0.6 is 0 Å². The van der Waals surface area contributed by atoms with Crippen LogP contribution in [-0.2, 0) is 0 Å². The average molecular weight is 299 g/mol. The van der Waals surface area contributed by atoms with E-state index in [1.54, 1.807) is 0 Å². The average Bonchev–Trinajstić information content (AvgIpc) is 2.94. The van der Waals surface area contributed by atoms with Crippen molar-refractivity contribution in [3.63, 3.8) is 0 Å². The summed E-state index contributed by atoms with van der Waals surface area (Å²) in [5.41, 5.74) is 2.13. The fraction of sp³-hybridized carbons (Fsp3) is 0.647. The lowest BCUT2D eigenvalue weighted by molar-refractivity contribution is 0.219. The van der Waals surface area contributed by atoms with Gasteiger partial charge in [-0.25, -0.2) is 9.50 Å². The van der Waals surface area contributed by atoms with E-state index in [0.29, 0.717) is 12.0 Å². The highest BCUT2D eigenvalue weighted by Gasteiger charge is 2.23. The van der Waals surface area contributed by atoms with Crippen LogP contribution < -0.4 is 5.32 Å². The molecule has 5 nitrogen and oxygen atoms in total. The summed E-state index contributed by atoms with van der Waals surface area (Å²) in [6, 6.07) is 4.86. The summed E-state index contributed by atoms with van der Waals surface area (Å²) < 4.78 is 1.95. The Hall–Kier alpha value is -1.62. The topological polar surface area (TPSA) is 45.5 Å². The molecule has 0 amide bonds. The minimum absolute atomic E-state index is 0.519. The highest BCUT2D eigenvalue weighted by Crippen LogP contribution is 2.27. The van der Waals surface area contributed by atoms with E-state index in [1.165, 1.54) is 45.2 Å². The molecule has 1 N–H and O–H groups in total. The number of nitrogens with one attached hydrogen (secondary N) is 1. The highest BCUT2D eigenvalue weighted by molar-refractivity contribution is 5.50. The van der Waals surface area contributed by atoms with E-state index < -0.39 is 0 Å². The molecule has 3 heterocycles. The molecule has 4 rings (SSSR count). The number of hydrogen-bond donors (Lipinski definition) is 1. The molecule has 1 aliphatic heterocycles. The number of aromatic nitrogens is 3. The molecule has 118 valence electrons. The number of rotatable bonds is 4. The maximum atomic E-state index is 4.75. The first-order chi connectivity index (χ1) is 10.8. The van der Waals surface area contributed by atoms with Crippen LogP contribution in [0.2, 0.25) is 0 Å². The monoisotopic (exact) mass is 299 g/mol. The van der Waals surface area contributed by atoms with Gasteiger partial charge in [-0.1, -0.05) is 6.92 Å². The second kappa shape index (κ2) is 5.88. The molecule has 2 fully saturated rings. The fourth-order valence-corrected chi connectivity index (χ4v) is 3.45. The number of piperidine rings is 1. The molecule has 0 bridgehead atoms. The third-order valence-corrected chi connectivity index (χ3v) is 5.22. The minimum atomic E-state index is 0.519. The van der Waals surface area contributed by atoms with Gasteiger partial charge in [-0.2, -0.15) is 5.10 Å². The standard InChI is InChI=1S/C17H25N5/c1-2-21-10-8-13(9-11-21)17-19-16-7-6-15(12-22(16)20-17)18-14-4-3-5-14/h6-7,12-14,18H,2-5,8-11H2,1H3. The second-order valence-corrected chi connectivity index (χ2v) is 6.67. The summed E-state index contributed by atoms with van der Waals surface area (Å²) in [5, 5.41) is 8.32. The van der Waals surface area contributed by atoms with Crippen molar-refractivity contribution in [3.05, 3.63) is 24.2 Å². The Bertz CT molecular complexity index is 638. The molecule has 0 unspecified atom stereocenters. The summed E-state index contributed by atoms with van der Waals surface area (Å²) in [6.45, 7) is 5.73. The molecule has 22 heavy (non-hydrogen) atoms. The number of anilines is 1. The third-order valence-electron chi connectivity index (χ3n) is 5.22. The highest BCUT2D eigenvalue weighted by atomic mass is 15.3. The van der Waals surface area contributed by atoms with Gasteiger partial charge in [0, 0.05) is 12.0 Å². The van der Waals surface area contributed by atoms with E-state index in [9.17, 15) is 0 Å². The van der Waals surface area contributed by atoms with Gasteiger partial charge < -0.3 is 10.2 Å². The van der Waals surface area contributed by atoms with Crippen molar-refractivity contribution in [2.24, 2.45) is 0 Å². The quantitative estimate of drug-likeness (QED) is 0.943. The Balaban J connectivity index is 1.50. The van der Waals surface area contributed by atoms with Crippen LogP contribution in [0.3, 0.4) is 0 Å². The lowest BCUT2D eigenvalue weighted by Gasteiger charge is -2.29. The van der Waals surface area contributed by atoms with Crippen molar-refractivity contribution in [1.29, 1.82) is 0 Å². The van der Waals surface area contributed by atoms with Gasteiger partial charge in [-0.15, -0.1) is 0 Å². The zero-order valence-corrected chi connectivity index (χ0v) is 13.3. The van der Waals surface area contributed by atoms with E-state index in [4.69, 9.17) is 10.1 Å². The maximum absolute atomic E-state index is 4.75. The number of fused-ring (bicyclic) bond motifs is 1. The van der Waals surface area contributed by atoms with Crippen LogP contribution in [0.4, 0.5) is 5.69 Å². The Labute approximate surface area is 131 Å². The lowest BCUT2D eigenvalue weighted by atomic mass is 9.93. The summed E-state index contributed by atoms with van der Waals surface area (Å²) >= 11 is 0. The first-order valence-electron chi connectivity index (χ1n) is 8.67. The third kappa shape index (κ3) is 2.70. The molecule has 0 spiro atoms. The Morgan fingerprint density at radius 2 is 2.00 bits per heavy atom. The maximum Gasteiger partial charge on any atom is 0.155 e. The van der Waals surface area contributed by atoms with E-state index >= 15 is 0 Å². The van der Waals surface area contributed by atoms with Crippen molar-refractivity contribution in [1.82, 2.24) is 19.5 Å². The number of pyridine rings is 1.